The molecule has 1 aromatic rings. The Morgan fingerprint density at radius 2 is 2.42 bits per heavy atom. The van der Waals surface area contributed by atoms with E-state index in [-0.39, 0.29) is 24.1 Å². The number of benzene rings is 1. The number of nitrogens with one attached hydrogen (secondary N) is 1. The zero-order valence-electron chi connectivity index (χ0n) is 10.3. The maximum Gasteiger partial charge on any atom is 0.251 e. The van der Waals surface area contributed by atoms with E-state index in [2.05, 4.69) is 17.2 Å². The largest absolute Gasteiger partial charge is 0.384 e. The lowest BCUT2D eigenvalue weighted by Crippen LogP contribution is -2.34. The molecule has 0 aromatic heterocycles. The van der Waals surface area contributed by atoms with E-state index in [4.69, 9.17) is 5.11 Å². The molecule has 5 heteroatoms. The van der Waals surface area contributed by atoms with Crippen LogP contribution in [0, 0.1) is 17.7 Å². The standard InChI is InChI=1S/C14H14FNO2S/c15-13-8-11(4-3-10(13)2-1-6-17)14(18)16-12-5-7-19-9-12/h3-4,8,12,17H,5-7,9H2,(H,16,18). The fourth-order valence-corrected chi connectivity index (χ4v) is 2.96. The Morgan fingerprint density at radius 3 is 3.05 bits per heavy atom. The monoisotopic (exact) mass is 279 g/mol. The Labute approximate surface area is 115 Å². The molecule has 0 radical (unpaired) electrons. The van der Waals surface area contributed by atoms with Crippen LogP contribution < -0.4 is 5.32 Å². The Morgan fingerprint density at radius 1 is 1.58 bits per heavy atom. The molecule has 1 fully saturated rings. The van der Waals surface area contributed by atoms with Gasteiger partial charge in [0, 0.05) is 17.4 Å². The van der Waals surface area contributed by atoms with Gasteiger partial charge in [0.2, 0.25) is 0 Å². The first kappa shape index (κ1) is 13.9. The van der Waals surface area contributed by atoms with E-state index in [1.165, 1.54) is 12.1 Å². The second kappa shape index (κ2) is 6.60. The van der Waals surface area contributed by atoms with Crippen molar-refractivity contribution in [2.45, 2.75) is 12.5 Å². The lowest BCUT2D eigenvalue weighted by atomic mass is 10.1. The highest BCUT2D eigenvalue weighted by molar-refractivity contribution is 7.99. The summed E-state index contributed by atoms with van der Waals surface area (Å²) in [6.07, 6.45) is 0.957. The summed E-state index contributed by atoms with van der Waals surface area (Å²) in [5.41, 5.74) is 0.478. The quantitative estimate of drug-likeness (QED) is 0.805. The number of thioether (sulfide) groups is 1. The van der Waals surface area contributed by atoms with Gasteiger partial charge in [0.1, 0.15) is 12.4 Å². The number of aliphatic hydroxyl groups is 1. The van der Waals surface area contributed by atoms with Crippen LogP contribution in [0.25, 0.3) is 0 Å². The summed E-state index contributed by atoms with van der Waals surface area (Å²) >= 11 is 1.80. The molecular formula is C14H14FNO2S. The summed E-state index contributed by atoms with van der Waals surface area (Å²) in [6, 6.07) is 4.35. The average Bonchev–Trinajstić information content (AvgIpc) is 2.90. The molecule has 3 nitrogen and oxygen atoms in total. The molecule has 1 aliphatic rings. The smallest absolute Gasteiger partial charge is 0.251 e. The van der Waals surface area contributed by atoms with Crippen LogP contribution in [0.1, 0.15) is 22.3 Å². The molecule has 1 saturated heterocycles. The third-order valence-electron chi connectivity index (χ3n) is 2.80. The second-order valence-corrected chi connectivity index (χ2v) is 5.34. The summed E-state index contributed by atoms with van der Waals surface area (Å²) < 4.78 is 13.7. The predicted molar refractivity (Wildman–Crippen MR) is 73.6 cm³/mol. The van der Waals surface area contributed by atoms with E-state index in [1.807, 2.05) is 0 Å². The van der Waals surface area contributed by atoms with E-state index >= 15 is 0 Å². The Kier molecular flexibility index (Phi) is 4.83. The highest BCUT2D eigenvalue weighted by atomic mass is 32.2. The van der Waals surface area contributed by atoms with Crippen LogP contribution in [0.5, 0.6) is 0 Å². The Bertz CT molecular complexity index is 530. The SMILES string of the molecule is O=C(NC1CCSC1)c1ccc(C#CCO)c(F)c1. The van der Waals surface area contributed by atoms with Gasteiger partial charge in [0.15, 0.2) is 0 Å². The second-order valence-electron chi connectivity index (χ2n) is 4.19. The van der Waals surface area contributed by atoms with Crippen molar-refractivity contribution < 1.29 is 14.3 Å². The maximum atomic E-state index is 13.7. The topological polar surface area (TPSA) is 49.3 Å². The minimum Gasteiger partial charge on any atom is -0.384 e. The first-order valence-corrected chi connectivity index (χ1v) is 7.14. The van der Waals surface area contributed by atoms with Crippen molar-refractivity contribution in [3.05, 3.63) is 35.1 Å². The summed E-state index contributed by atoms with van der Waals surface area (Å²) in [5.74, 6) is 6.03. The summed E-state index contributed by atoms with van der Waals surface area (Å²) in [6.45, 7) is -0.318. The number of hydrogen-bond acceptors (Lipinski definition) is 3. The third kappa shape index (κ3) is 3.72. The number of carbonyl (C=O) groups is 1. The molecule has 1 aromatic carbocycles. The van der Waals surface area contributed by atoms with E-state index < -0.39 is 5.82 Å². The highest BCUT2D eigenvalue weighted by Gasteiger charge is 2.18. The van der Waals surface area contributed by atoms with Crippen LogP contribution in [0.3, 0.4) is 0 Å². The molecule has 0 saturated carbocycles. The molecule has 1 unspecified atom stereocenters. The molecule has 2 N–H and O–H groups in total. The van der Waals surface area contributed by atoms with E-state index in [0.717, 1.165) is 17.9 Å². The fourth-order valence-electron chi connectivity index (χ4n) is 1.81. The molecule has 0 bridgehead atoms. The maximum absolute atomic E-state index is 13.7. The zero-order chi connectivity index (χ0) is 13.7. The van der Waals surface area contributed by atoms with Crippen LogP contribution in [0.2, 0.25) is 0 Å². The van der Waals surface area contributed by atoms with Gasteiger partial charge in [-0.3, -0.25) is 4.79 Å². The lowest BCUT2D eigenvalue weighted by molar-refractivity contribution is 0.0940. The number of amides is 1. The molecular weight excluding hydrogens is 265 g/mol. The van der Waals surface area contributed by atoms with Crippen molar-refractivity contribution in [3.8, 4) is 11.8 Å². The average molecular weight is 279 g/mol. The first-order chi connectivity index (χ1) is 9.20. The first-order valence-electron chi connectivity index (χ1n) is 5.98. The van der Waals surface area contributed by atoms with Gasteiger partial charge in [-0.2, -0.15) is 11.8 Å². The van der Waals surface area contributed by atoms with E-state index in [1.54, 1.807) is 17.8 Å². The molecule has 0 spiro atoms. The number of hydrogen-bond donors (Lipinski definition) is 2. The number of aliphatic hydroxyl groups excluding tert-OH is 1. The summed E-state index contributed by atoms with van der Waals surface area (Å²) in [5, 5.41) is 11.4. The summed E-state index contributed by atoms with van der Waals surface area (Å²) in [7, 11) is 0. The minimum absolute atomic E-state index is 0.175. The summed E-state index contributed by atoms with van der Waals surface area (Å²) in [4.78, 5) is 11.9. The Balaban J connectivity index is 2.08. The van der Waals surface area contributed by atoms with Crippen molar-refractivity contribution in [2.75, 3.05) is 18.1 Å². The number of rotatable bonds is 2. The van der Waals surface area contributed by atoms with Gasteiger partial charge in [-0.15, -0.1) is 0 Å². The number of halogens is 1. The van der Waals surface area contributed by atoms with Gasteiger partial charge < -0.3 is 10.4 Å². The van der Waals surface area contributed by atoms with Crippen molar-refractivity contribution >= 4 is 17.7 Å². The minimum atomic E-state index is -0.547. The zero-order valence-corrected chi connectivity index (χ0v) is 11.1. The fraction of sp³-hybridized carbons (Fsp3) is 0.357. The van der Waals surface area contributed by atoms with Crippen molar-refractivity contribution in [1.29, 1.82) is 0 Å². The van der Waals surface area contributed by atoms with Crippen molar-refractivity contribution in [3.63, 3.8) is 0 Å². The normalized spacial score (nSPS) is 17.7. The van der Waals surface area contributed by atoms with Gasteiger partial charge in [-0.1, -0.05) is 11.8 Å². The molecule has 1 heterocycles. The molecule has 1 amide bonds. The van der Waals surface area contributed by atoms with Gasteiger partial charge in [-0.25, -0.2) is 4.39 Å². The van der Waals surface area contributed by atoms with Gasteiger partial charge in [-0.05, 0) is 30.4 Å². The van der Waals surface area contributed by atoms with Gasteiger partial charge in [0.25, 0.3) is 5.91 Å². The molecule has 1 aliphatic heterocycles. The highest BCUT2D eigenvalue weighted by Crippen LogP contribution is 2.18. The van der Waals surface area contributed by atoms with E-state index in [0.29, 0.717) is 5.56 Å². The third-order valence-corrected chi connectivity index (χ3v) is 3.96. The van der Waals surface area contributed by atoms with Crippen molar-refractivity contribution in [1.82, 2.24) is 5.32 Å². The predicted octanol–water partition coefficient (Wildman–Crippen LogP) is 1.40. The van der Waals surface area contributed by atoms with Crippen LogP contribution in [-0.4, -0.2) is 35.2 Å². The lowest BCUT2D eigenvalue weighted by Gasteiger charge is -2.11. The van der Waals surface area contributed by atoms with Crippen LogP contribution in [-0.2, 0) is 0 Å². The van der Waals surface area contributed by atoms with Crippen molar-refractivity contribution in [2.24, 2.45) is 0 Å². The van der Waals surface area contributed by atoms with Crippen LogP contribution >= 0.6 is 11.8 Å². The molecule has 2 rings (SSSR count). The van der Waals surface area contributed by atoms with Crippen LogP contribution in [0.15, 0.2) is 18.2 Å². The Hall–Kier alpha value is -1.51. The van der Waals surface area contributed by atoms with Gasteiger partial charge in [0.05, 0.1) is 5.56 Å². The van der Waals surface area contributed by atoms with Gasteiger partial charge >= 0.3 is 0 Å². The molecule has 1 atom stereocenters. The molecule has 100 valence electrons. The molecule has 19 heavy (non-hydrogen) atoms. The van der Waals surface area contributed by atoms with E-state index in [9.17, 15) is 9.18 Å². The number of carbonyl (C=O) groups excluding carboxylic acids is 1. The van der Waals surface area contributed by atoms with Crippen LogP contribution in [0.4, 0.5) is 4.39 Å². The molecule has 0 aliphatic carbocycles.